The van der Waals surface area contributed by atoms with Crippen molar-refractivity contribution in [1.82, 2.24) is 36.1 Å². The van der Waals surface area contributed by atoms with E-state index in [1.807, 2.05) is 20.8 Å². The molecule has 0 bridgehead atoms. The van der Waals surface area contributed by atoms with Crippen LogP contribution in [0.3, 0.4) is 0 Å². The molecule has 268 valence electrons. The molecular formula is C36H53N7O6. The number of carbonyl (C=O) groups excluding carboxylic acids is 6. The van der Waals surface area contributed by atoms with Gasteiger partial charge in [0, 0.05) is 30.5 Å². The Bertz CT molecular complexity index is 1550. The van der Waals surface area contributed by atoms with E-state index in [4.69, 9.17) is 5.48 Å². The number of rotatable bonds is 13. The third-order valence-electron chi connectivity index (χ3n) is 10.3. The van der Waals surface area contributed by atoms with E-state index in [0.717, 1.165) is 44.9 Å². The third kappa shape index (κ3) is 8.83. The molecule has 1 saturated heterocycles. The maximum Gasteiger partial charge on any atom is 0.289 e. The van der Waals surface area contributed by atoms with Gasteiger partial charge < -0.3 is 26.2 Å². The Morgan fingerprint density at radius 1 is 0.959 bits per heavy atom. The van der Waals surface area contributed by atoms with Gasteiger partial charge in [-0.25, -0.2) is 4.98 Å². The Morgan fingerprint density at radius 3 is 2.33 bits per heavy atom. The van der Waals surface area contributed by atoms with Crippen LogP contribution >= 0.6 is 0 Å². The highest BCUT2D eigenvalue weighted by Crippen LogP contribution is 2.43. The minimum absolute atomic E-state index is 0.0234. The van der Waals surface area contributed by atoms with Crippen LogP contribution < -0.4 is 21.3 Å². The molecule has 3 aliphatic carbocycles. The maximum absolute atomic E-state index is 14.6. The Morgan fingerprint density at radius 2 is 1.69 bits per heavy atom. The summed E-state index contributed by atoms with van der Waals surface area (Å²) in [5.74, 6) is -4.66. The number of aromatic nitrogens is 2. The molecule has 4 fully saturated rings. The van der Waals surface area contributed by atoms with Crippen LogP contribution in [0.1, 0.15) is 121 Å². The van der Waals surface area contributed by atoms with Crippen molar-refractivity contribution in [3.8, 4) is 0 Å². The summed E-state index contributed by atoms with van der Waals surface area (Å²) >= 11 is 0. The highest BCUT2D eigenvalue weighted by atomic mass is 16.2. The predicted molar refractivity (Wildman–Crippen MR) is 181 cm³/mol. The number of hydrogen-bond donors (Lipinski definition) is 4. The van der Waals surface area contributed by atoms with Crippen molar-refractivity contribution in [3.63, 3.8) is 0 Å². The molecule has 4 N–H and O–H groups in total. The zero-order valence-electron chi connectivity index (χ0n) is 32.9. The molecular weight excluding hydrogens is 626 g/mol. The zero-order chi connectivity index (χ0) is 38.9. The van der Waals surface area contributed by atoms with Crippen LogP contribution in [0.15, 0.2) is 18.6 Å². The summed E-state index contributed by atoms with van der Waals surface area (Å²) in [5.41, 5.74) is -0.747. The molecule has 0 spiro atoms. The number of hydrogen-bond acceptors (Lipinski definition) is 8. The Kier molecular flexibility index (Phi) is 10.0. The van der Waals surface area contributed by atoms with Crippen molar-refractivity contribution >= 4 is 35.3 Å². The van der Waals surface area contributed by atoms with Crippen molar-refractivity contribution in [2.75, 3.05) is 6.54 Å². The summed E-state index contributed by atoms with van der Waals surface area (Å²) in [4.78, 5) is 91.9. The summed E-state index contributed by atoms with van der Waals surface area (Å²) in [6.07, 6.45) is 6.63. The SMILES string of the molecule is [2H]C1([2H])C(NC(=O)C(=O)[C@H](CCC)NC(=O)[C@@H]2[C@H]3CCC[C@H]3CN2C(=O)[C@@H](NC(=O)[C@@H](NC(=O)c2cnccn2)C2CCCCC2)C(C)(C)C)C1([2H])[2H]. The van der Waals surface area contributed by atoms with Gasteiger partial charge >= 0.3 is 0 Å². The molecule has 5 rings (SSSR count). The average molecular weight is 684 g/mol. The van der Waals surface area contributed by atoms with Crippen LogP contribution in [0.4, 0.5) is 0 Å². The molecule has 0 aromatic carbocycles. The summed E-state index contributed by atoms with van der Waals surface area (Å²) < 4.78 is 31.0. The van der Waals surface area contributed by atoms with E-state index in [2.05, 4.69) is 31.2 Å². The number of carbonyl (C=O) groups is 6. The molecule has 0 unspecified atom stereocenters. The van der Waals surface area contributed by atoms with Crippen molar-refractivity contribution in [1.29, 1.82) is 0 Å². The fraction of sp³-hybridized carbons (Fsp3) is 0.722. The second-order valence-corrected chi connectivity index (χ2v) is 14.9. The predicted octanol–water partition coefficient (Wildman–Crippen LogP) is 2.45. The van der Waals surface area contributed by atoms with E-state index in [-0.39, 0.29) is 36.4 Å². The molecule has 0 radical (unpaired) electrons. The van der Waals surface area contributed by atoms with Crippen LogP contribution in [0.5, 0.6) is 0 Å². The zero-order valence-corrected chi connectivity index (χ0v) is 28.9. The lowest BCUT2D eigenvalue weighted by Gasteiger charge is -2.38. The minimum Gasteiger partial charge on any atom is -0.347 e. The largest absolute Gasteiger partial charge is 0.347 e. The fourth-order valence-electron chi connectivity index (χ4n) is 7.70. The normalized spacial score (nSPS) is 27.5. The highest BCUT2D eigenvalue weighted by Gasteiger charge is 2.52. The number of likely N-dealkylation sites (tertiary alicyclic amines) is 1. The Hall–Kier alpha value is -3.90. The van der Waals surface area contributed by atoms with E-state index >= 15 is 0 Å². The molecule has 49 heavy (non-hydrogen) atoms. The minimum atomic E-state index is -2.33. The average Bonchev–Trinajstić information content (AvgIpc) is 3.53. The van der Waals surface area contributed by atoms with Gasteiger partial charge in [-0.3, -0.25) is 33.8 Å². The quantitative estimate of drug-likeness (QED) is 0.229. The molecule has 13 heteroatoms. The number of nitrogens with zero attached hydrogens (tertiary/aromatic N) is 3. The summed E-state index contributed by atoms with van der Waals surface area (Å²) in [5, 5.41) is 10.7. The Labute approximate surface area is 294 Å². The van der Waals surface area contributed by atoms with Gasteiger partial charge in [-0.05, 0) is 68.0 Å². The van der Waals surface area contributed by atoms with Gasteiger partial charge in [-0.15, -0.1) is 0 Å². The lowest BCUT2D eigenvalue weighted by Crippen LogP contribution is -2.62. The first-order valence-corrected chi connectivity index (χ1v) is 17.7. The molecule has 2 heterocycles. The van der Waals surface area contributed by atoms with E-state index in [0.29, 0.717) is 12.8 Å². The van der Waals surface area contributed by atoms with E-state index in [1.54, 1.807) is 6.92 Å². The van der Waals surface area contributed by atoms with Gasteiger partial charge in [-0.2, -0.15) is 0 Å². The monoisotopic (exact) mass is 683 g/mol. The molecule has 1 aromatic heterocycles. The topological polar surface area (TPSA) is 180 Å². The maximum atomic E-state index is 14.6. The summed E-state index contributed by atoms with van der Waals surface area (Å²) in [6, 6.07) is -5.75. The highest BCUT2D eigenvalue weighted by molar-refractivity contribution is 6.38. The smallest absolute Gasteiger partial charge is 0.289 e. The molecule has 3 saturated carbocycles. The number of nitrogens with one attached hydrogen (secondary N) is 4. The van der Waals surface area contributed by atoms with Gasteiger partial charge in [-0.1, -0.05) is 59.8 Å². The molecule has 5 amide bonds. The number of ketones is 1. The van der Waals surface area contributed by atoms with E-state index in [9.17, 15) is 28.8 Å². The van der Waals surface area contributed by atoms with Crippen molar-refractivity contribution in [2.24, 2.45) is 23.2 Å². The van der Waals surface area contributed by atoms with Crippen LogP contribution in [-0.2, 0) is 24.0 Å². The van der Waals surface area contributed by atoms with Gasteiger partial charge in [0.1, 0.15) is 23.8 Å². The molecule has 1 aliphatic heterocycles. The molecule has 4 aliphatic rings. The third-order valence-corrected chi connectivity index (χ3v) is 10.3. The van der Waals surface area contributed by atoms with E-state index < -0.39 is 83.7 Å². The van der Waals surface area contributed by atoms with Crippen LogP contribution in [0.25, 0.3) is 0 Å². The van der Waals surface area contributed by atoms with Crippen molar-refractivity contribution in [3.05, 3.63) is 24.3 Å². The first-order valence-electron chi connectivity index (χ1n) is 19.7. The lowest BCUT2D eigenvalue weighted by atomic mass is 9.82. The van der Waals surface area contributed by atoms with Crippen LogP contribution in [0, 0.1) is 23.2 Å². The second kappa shape index (κ2) is 15.8. The lowest BCUT2D eigenvalue weighted by molar-refractivity contribution is -0.146. The fourth-order valence-corrected chi connectivity index (χ4v) is 7.70. The second-order valence-electron chi connectivity index (χ2n) is 14.9. The first-order chi connectivity index (χ1) is 24.9. The van der Waals surface area contributed by atoms with Gasteiger partial charge in [0.2, 0.25) is 23.5 Å². The number of Topliss-reactive ketones (excluding diaryl/α,β-unsaturated/α-hetero) is 1. The van der Waals surface area contributed by atoms with Gasteiger partial charge in [0.15, 0.2) is 0 Å². The standard InChI is InChI=1S/C36H53N7O6/c1-5-10-25(29(44)34(48)39-23-15-16-23)40-33(47)28-24-14-9-13-22(24)20-43(28)35(49)30(36(2,3)4)42-32(46)27(21-11-7-6-8-12-21)41-31(45)26-19-37-17-18-38-26/h17-19,21-25,27-28,30H,5-16,20H2,1-4H3,(H,39,48)(H,40,47)(H,41,45)(H,42,46)/t22-,24-,25-,27-,28-,30+/m0/s1/i15D2,16D2. The first kappa shape index (κ1) is 31.1. The Balaban J connectivity index is 1.35. The summed E-state index contributed by atoms with van der Waals surface area (Å²) in [7, 11) is 0. The van der Waals surface area contributed by atoms with Crippen molar-refractivity contribution < 1.29 is 34.3 Å². The summed E-state index contributed by atoms with van der Waals surface area (Å²) in [6.45, 7) is 7.49. The van der Waals surface area contributed by atoms with Gasteiger partial charge in [0.05, 0.1) is 12.2 Å². The molecule has 1 aromatic rings. The molecule has 6 atom stereocenters. The number of fused-ring (bicyclic) bond motifs is 1. The molecule has 13 nitrogen and oxygen atoms in total. The van der Waals surface area contributed by atoms with Crippen LogP contribution in [0.2, 0.25) is 0 Å². The number of amides is 5. The van der Waals surface area contributed by atoms with Crippen molar-refractivity contribution in [2.45, 2.75) is 135 Å². The van der Waals surface area contributed by atoms with Crippen LogP contribution in [-0.4, -0.2) is 86.9 Å². The van der Waals surface area contributed by atoms with Gasteiger partial charge in [0.25, 0.3) is 11.8 Å². The van der Waals surface area contributed by atoms with E-state index in [1.165, 1.54) is 23.5 Å².